The summed E-state index contributed by atoms with van der Waals surface area (Å²) in [4.78, 5) is 6.38. The van der Waals surface area contributed by atoms with Crippen LogP contribution in [0, 0.1) is 11.3 Å². The van der Waals surface area contributed by atoms with Crippen molar-refractivity contribution in [3.05, 3.63) is 17.8 Å². The highest BCUT2D eigenvalue weighted by molar-refractivity contribution is 5.51. The van der Waals surface area contributed by atoms with Gasteiger partial charge < -0.3 is 15.4 Å². The van der Waals surface area contributed by atoms with E-state index in [4.69, 9.17) is 15.7 Å². The van der Waals surface area contributed by atoms with Gasteiger partial charge in [0.05, 0.1) is 11.3 Å². The second-order valence-electron chi connectivity index (χ2n) is 4.67. The number of nitriles is 1. The highest BCUT2D eigenvalue weighted by atomic mass is 16.5. The van der Waals surface area contributed by atoms with Crippen LogP contribution >= 0.6 is 0 Å². The van der Waals surface area contributed by atoms with Gasteiger partial charge in [0.15, 0.2) is 0 Å². The van der Waals surface area contributed by atoms with Crippen LogP contribution in [0.3, 0.4) is 0 Å². The van der Waals surface area contributed by atoms with E-state index in [1.165, 1.54) is 19.0 Å². The quantitative estimate of drug-likeness (QED) is 0.872. The van der Waals surface area contributed by atoms with E-state index in [1.807, 2.05) is 6.07 Å². The summed E-state index contributed by atoms with van der Waals surface area (Å²) in [6.45, 7) is 1.71. The second-order valence-corrected chi connectivity index (χ2v) is 4.67. The third-order valence-electron chi connectivity index (χ3n) is 3.34. The maximum atomic E-state index is 8.73. The Kier molecular flexibility index (Phi) is 4.00. The van der Waals surface area contributed by atoms with Crippen LogP contribution in [0.25, 0.3) is 0 Å². The fraction of sp³-hybridized carbons (Fsp3) is 0.538. The van der Waals surface area contributed by atoms with Gasteiger partial charge >= 0.3 is 0 Å². The number of pyridine rings is 1. The molecule has 2 N–H and O–H groups in total. The zero-order chi connectivity index (χ0) is 13.0. The van der Waals surface area contributed by atoms with Gasteiger partial charge in [-0.3, -0.25) is 0 Å². The predicted octanol–water partition coefficient (Wildman–Crippen LogP) is 1.40. The summed E-state index contributed by atoms with van der Waals surface area (Å²) in [5.74, 6) is 0.424. The Labute approximate surface area is 107 Å². The SMILES string of the molecule is CN1CCCCC1COc1ncc(C#N)cc1N. The molecule has 1 saturated heterocycles. The van der Waals surface area contributed by atoms with E-state index >= 15 is 0 Å². The summed E-state index contributed by atoms with van der Waals surface area (Å²) in [5, 5.41) is 8.73. The fourth-order valence-electron chi connectivity index (χ4n) is 2.18. The first kappa shape index (κ1) is 12.7. The van der Waals surface area contributed by atoms with Crippen LogP contribution in [0.15, 0.2) is 12.3 Å². The molecule has 5 heteroatoms. The van der Waals surface area contributed by atoms with E-state index in [-0.39, 0.29) is 0 Å². The molecular weight excluding hydrogens is 228 g/mol. The van der Waals surface area contributed by atoms with Crippen LogP contribution in [0.1, 0.15) is 24.8 Å². The number of aromatic nitrogens is 1. The summed E-state index contributed by atoms with van der Waals surface area (Å²) in [5.41, 5.74) is 6.67. The number of anilines is 1. The van der Waals surface area contributed by atoms with Gasteiger partial charge in [0.1, 0.15) is 12.7 Å². The number of nitrogen functional groups attached to an aromatic ring is 1. The van der Waals surface area contributed by atoms with Crippen molar-refractivity contribution in [1.29, 1.82) is 5.26 Å². The molecule has 0 radical (unpaired) electrons. The third-order valence-corrected chi connectivity index (χ3v) is 3.34. The first-order chi connectivity index (χ1) is 8.70. The molecule has 0 aliphatic carbocycles. The highest BCUT2D eigenvalue weighted by Gasteiger charge is 2.19. The molecule has 1 aromatic rings. The van der Waals surface area contributed by atoms with Gasteiger partial charge in [-0.25, -0.2) is 4.98 Å². The monoisotopic (exact) mass is 246 g/mol. The number of nitrogens with zero attached hydrogens (tertiary/aromatic N) is 3. The fourth-order valence-corrected chi connectivity index (χ4v) is 2.18. The van der Waals surface area contributed by atoms with E-state index in [2.05, 4.69) is 16.9 Å². The number of hydrogen-bond donors (Lipinski definition) is 1. The van der Waals surface area contributed by atoms with Crippen molar-refractivity contribution in [2.24, 2.45) is 0 Å². The summed E-state index contributed by atoms with van der Waals surface area (Å²) in [7, 11) is 2.11. The summed E-state index contributed by atoms with van der Waals surface area (Å²) >= 11 is 0. The number of hydrogen-bond acceptors (Lipinski definition) is 5. The molecule has 1 aromatic heterocycles. The number of rotatable bonds is 3. The molecule has 1 aliphatic rings. The molecule has 0 spiro atoms. The molecular formula is C13H18N4O. The third kappa shape index (κ3) is 2.90. The predicted molar refractivity (Wildman–Crippen MR) is 69.1 cm³/mol. The summed E-state index contributed by atoms with van der Waals surface area (Å²) in [6, 6.07) is 4.02. The molecule has 96 valence electrons. The molecule has 0 aromatic carbocycles. The maximum Gasteiger partial charge on any atom is 0.237 e. The zero-order valence-electron chi connectivity index (χ0n) is 10.6. The molecule has 1 unspecified atom stereocenters. The number of likely N-dealkylation sites (N-methyl/N-ethyl adjacent to an activating group) is 1. The van der Waals surface area contributed by atoms with Crippen LogP contribution in [-0.2, 0) is 0 Å². The van der Waals surface area contributed by atoms with E-state index in [0.717, 1.165) is 13.0 Å². The highest BCUT2D eigenvalue weighted by Crippen LogP contribution is 2.21. The molecule has 1 fully saturated rings. The van der Waals surface area contributed by atoms with E-state index in [9.17, 15) is 0 Å². The van der Waals surface area contributed by atoms with Crippen molar-refractivity contribution < 1.29 is 4.74 Å². The van der Waals surface area contributed by atoms with Crippen molar-refractivity contribution in [3.63, 3.8) is 0 Å². The standard InChI is InChI=1S/C13H18N4O/c1-17-5-3-2-4-11(17)9-18-13-12(15)6-10(7-14)8-16-13/h6,8,11H,2-5,9,15H2,1H3. The van der Waals surface area contributed by atoms with Crippen LogP contribution in [-0.4, -0.2) is 36.1 Å². The Morgan fingerprint density at radius 2 is 2.44 bits per heavy atom. The maximum absolute atomic E-state index is 8.73. The minimum atomic E-state index is 0.424. The second kappa shape index (κ2) is 5.69. The van der Waals surface area contributed by atoms with Gasteiger partial charge in [-0.15, -0.1) is 0 Å². The first-order valence-corrected chi connectivity index (χ1v) is 6.19. The minimum absolute atomic E-state index is 0.424. The Balaban J connectivity index is 1.95. The molecule has 0 saturated carbocycles. The average Bonchev–Trinajstić information content (AvgIpc) is 2.39. The largest absolute Gasteiger partial charge is 0.475 e. The van der Waals surface area contributed by atoms with Gasteiger partial charge in [0.25, 0.3) is 0 Å². The van der Waals surface area contributed by atoms with Gasteiger partial charge in [0, 0.05) is 12.2 Å². The molecule has 0 amide bonds. The van der Waals surface area contributed by atoms with E-state index < -0.39 is 0 Å². The van der Waals surface area contributed by atoms with Gasteiger partial charge in [-0.2, -0.15) is 5.26 Å². The lowest BCUT2D eigenvalue weighted by Crippen LogP contribution is -2.40. The number of ether oxygens (including phenoxy) is 1. The summed E-state index contributed by atoms with van der Waals surface area (Å²) < 4.78 is 5.66. The Bertz CT molecular complexity index is 455. The van der Waals surface area contributed by atoms with Gasteiger partial charge in [0.2, 0.25) is 5.88 Å². The zero-order valence-corrected chi connectivity index (χ0v) is 10.6. The lowest BCUT2D eigenvalue weighted by Gasteiger charge is -2.32. The molecule has 1 atom stereocenters. The van der Waals surface area contributed by atoms with E-state index in [1.54, 1.807) is 6.07 Å². The molecule has 0 bridgehead atoms. The topological polar surface area (TPSA) is 75.2 Å². The number of nitrogens with two attached hydrogens (primary N) is 1. The van der Waals surface area contributed by atoms with Crippen molar-refractivity contribution in [2.75, 3.05) is 25.9 Å². The lowest BCUT2D eigenvalue weighted by molar-refractivity contribution is 0.123. The number of piperidine rings is 1. The number of likely N-dealkylation sites (tertiary alicyclic amines) is 1. The van der Waals surface area contributed by atoms with Crippen LogP contribution in [0.2, 0.25) is 0 Å². The van der Waals surface area contributed by atoms with Gasteiger partial charge in [-0.05, 0) is 32.5 Å². The van der Waals surface area contributed by atoms with Crippen LogP contribution in [0.5, 0.6) is 5.88 Å². The lowest BCUT2D eigenvalue weighted by atomic mass is 10.0. The Morgan fingerprint density at radius 1 is 1.61 bits per heavy atom. The van der Waals surface area contributed by atoms with E-state index in [0.29, 0.717) is 29.8 Å². The molecule has 5 nitrogen and oxygen atoms in total. The minimum Gasteiger partial charge on any atom is -0.475 e. The Hall–Kier alpha value is -1.80. The molecule has 2 heterocycles. The van der Waals surface area contributed by atoms with Crippen molar-refractivity contribution in [3.8, 4) is 11.9 Å². The van der Waals surface area contributed by atoms with Crippen molar-refractivity contribution in [2.45, 2.75) is 25.3 Å². The molecule has 1 aliphatic heterocycles. The smallest absolute Gasteiger partial charge is 0.237 e. The normalized spacial score (nSPS) is 20.3. The first-order valence-electron chi connectivity index (χ1n) is 6.19. The van der Waals surface area contributed by atoms with Crippen molar-refractivity contribution in [1.82, 2.24) is 9.88 Å². The van der Waals surface area contributed by atoms with Gasteiger partial charge in [-0.1, -0.05) is 6.42 Å². The Morgan fingerprint density at radius 3 is 3.11 bits per heavy atom. The van der Waals surface area contributed by atoms with Crippen LogP contribution < -0.4 is 10.5 Å². The van der Waals surface area contributed by atoms with Crippen molar-refractivity contribution >= 4 is 5.69 Å². The summed E-state index contributed by atoms with van der Waals surface area (Å²) in [6.07, 6.45) is 5.13. The molecule has 2 rings (SSSR count). The van der Waals surface area contributed by atoms with Crippen LogP contribution in [0.4, 0.5) is 5.69 Å². The molecule has 18 heavy (non-hydrogen) atoms. The average molecular weight is 246 g/mol.